The predicted octanol–water partition coefficient (Wildman–Crippen LogP) is 4.34. The molecule has 1 aromatic rings. The molecule has 0 aliphatic heterocycles. The minimum absolute atomic E-state index is 0.00854. The lowest BCUT2D eigenvalue weighted by Gasteiger charge is -2.52. The standard InChI is InChI=1S/C14H18BrF2NO/c1-4-19-12-7-11(14(12,2)3)18-13-9(16)5-8(15)6-10(13)17/h5-6,11-12,18H,4,7H2,1-3H3. The summed E-state index contributed by atoms with van der Waals surface area (Å²) in [5.41, 5.74) is -0.196. The Labute approximate surface area is 120 Å². The van der Waals surface area contributed by atoms with Gasteiger partial charge in [-0.1, -0.05) is 29.8 Å². The van der Waals surface area contributed by atoms with Gasteiger partial charge < -0.3 is 10.1 Å². The monoisotopic (exact) mass is 333 g/mol. The zero-order valence-corrected chi connectivity index (χ0v) is 12.9. The molecule has 0 amide bonds. The van der Waals surface area contributed by atoms with E-state index in [-0.39, 0.29) is 23.2 Å². The highest BCUT2D eigenvalue weighted by Crippen LogP contribution is 2.44. The van der Waals surface area contributed by atoms with Crippen molar-refractivity contribution in [3.8, 4) is 0 Å². The molecule has 2 nitrogen and oxygen atoms in total. The summed E-state index contributed by atoms with van der Waals surface area (Å²) < 4.78 is 33.5. The first kappa shape index (κ1) is 14.7. The Balaban J connectivity index is 2.12. The second-order valence-corrected chi connectivity index (χ2v) is 6.36. The van der Waals surface area contributed by atoms with Crippen molar-refractivity contribution in [2.45, 2.75) is 39.3 Å². The van der Waals surface area contributed by atoms with Crippen LogP contribution in [0, 0.1) is 17.0 Å². The van der Waals surface area contributed by atoms with Gasteiger partial charge in [-0.2, -0.15) is 0 Å². The van der Waals surface area contributed by atoms with E-state index in [1.54, 1.807) is 0 Å². The van der Waals surface area contributed by atoms with Gasteiger partial charge in [-0.15, -0.1) is 0 Å². The minimum Gasteiger partial charge on any atom is -0.378 e. The summed E-state index contributed by atoms with van der Waals surface area (Å²) in [5.74, 6) is -1.16. The fourth-order valence-electron chi connectivity index (χ4n) is 2.47. The van der Waals surface area contributed by atoms with Crippen molar-refractivity contribution in [1.82, 2.24) is 0 Å². The Morgan fingerprint density at radius 1 is 1.37 bits per heavy atom. The van der Waals surface area contributed by atoms with Gasteiger partial charge in [0, 0.05) is 22.5 Å². The van der Waals surface area contributed by atoms with E-state index in [1.807, 2.05) is 20.8 Å². The van der Waals surface area contributed by atoms with E-state index in [9.17, 15) is 8.78 Å². The molecule has 0 bridgehead atoms. The van der Waals surface area contributed by atoms with Crippen LogP contribution in [-0.4, -0.2) is 18.8 Å². The zero-order valence-electron chi connectivity index (χ0n) is 11.3. The maximum atomic E-state index is 13.8. The van der Waals surface area contributed by atoms with Crippen LogP contribution in [0.25, 0.3) is 0 Å². The van der Waals surface area contributed by atoms with Crippen LogP contribution in [0.5, 0.6) is 0 Å². The molecule has 0 spiro atoms. The molecule has 1 N–H and O–H groups in total. The van der Waals surface area contributed by atoms with Crippen LogP contribution in [0.1, 0.15) is 27.2 Å². The van der Waals surface area contributed by atoms with Gasteiger partial charge in [-0.3, -0.25) is 0 Å². The van der Waals surface area contributed by atoms with E-state index in [0.717, 1.165) is 6.42 Å². The minimum atomic E-state index is -0.581. The van der Waals surface area contributed by atoms with Gasteiger partial charge in [0.1, 0.15) is 17.3 Å². The third-order valence-electron chi connectivity index (χ3n) is 3.87. The van der Waals surface area contributed by atoms with Crippen molar-refractivity contribution >= 4 is 21.6 Å². The van der Waals surface area contributed by atoms with Crippen LogP contribution in [0.4, 0.5) is 14.5 Å². The van der Waals surface area contributed by atoms with Crippen molar-refractivity contribution < 1.29 is 13.5 Å². The number of hydrogen-bond donors (Lipinski definition) is 1. The van der Waals surface area contributed by atoms with Gasteiger partial charge >= 0.3 is 0 Å². The summed E-state index contributed by atoms with van der Waals surface area (Å²) in [6.45, 7) is 6.69. The highest BCUT2D eigenvalue weighted by Gasteiger charge is 2.49. The van der Waals surface area contributed by atoms with Crippen LogP contribution in [0.2, 0.25) is 0 Å². The Kier molecular flexibility index (Phi) is 4.16. The molecule has 5 heteroatoms. The summed E-state index contributed by atoms with van der Waals surface area (Å²) in [6.07, 6.45) is 0.895. The number of benzene rings is 1. The molecule has 0 heterocycles. The molecule has 0 saturated heterocycles. The summed E-state index contributed by atoms with van der Waals surface area (Å²) in [7, 11) is 0. The van der Waals surface area contributed by atoms with E-state index in [2.05, 4.69) is 21.2 Å². The van der Waals surface area contributed by atoms with Gasteiger partial charge in [-0.25, -0.2) is 8.78 Å². The van der Waals surface area contributed by atoms with Crippen LogP contribution < -0.4 is 5.32 Å². The second kappa shape index (κ2) is 5.37. The van der Waals surface area contributed by atoms with Gasteiger partial charge in [0.05, 0.1) is 6.10 Å². The fourth-order valence-corrected chi connectivity index (χ4v) is 2.87. The summed E-state index contributed by atoms with van der Waals surface area (Å²) in [4.78, 5) is 0. The number of nitrogens with one attached hydrogen (secondary N) is 1. The molecule has 1 fully saturated rings. The molecule has 2 atom stereocenters. The van der Waals surface area contributed by atoms with Crippen molar-refractivity contribution in [1.29, 1.82) is 0 Å². The van der Waals surface area contributed by atoms with Crippen molar-refractivity contribution in [2.24, 2.45) is 5.41 Å². The fraction of sp³-hybridized carbons (Fsp3) is 0.571. The molecule has 2 unspecified atom stereocenters. The quantitative estimate of drug-likeness (QED) is 0.884. The molecule has 1 saturated carbocycles. The van der Waals surface area contributed by atoms with Crippen molar-refractivity contribution in [3.05, 3.63) is 28.2 Å². The van der Waals surface area contributed by atoms with Gasteiger partial charge in [0.25, 0.3) is 0 Å². The highest BCUT2D eigenvalue weighted by molar-refractivity contribution is 9.10. The third-order valence-corrected chi connectivity index (χ3v) is 4.33. The highest BCUT2D eigenvalue weighted by atomic mass is 79.9. The first-order valence-corrected chi connectivity index (χ1v) is 7.18. The lowest BCUT2D eigenvalue weighted by atomic mass is 9.64. The largest absolute Gasteiger partial charge is 0.378 e. The molecule has 1 aliphatic rings. The van der Waals surface area contributed by atoms with E-state index in [0.29, 0.717) is 11.1 Å². The van der Waals surface area contributed by atoms with Gasteiger partial charge in [0.15, 0.2) is 0 Å². The normalized spacial score (nSPS) is 24.9. The Hall–Kier alpha value is -0.680. The summed E-state index contributed by atoms with van der Waals surface area (Å²) in [5, 5.41) is 2.97. The van der Waals surface area contributed by atoms with Crippen LogP contribution in [0.15, 0.2) is 16.6 Å². The Morgan fingerprint density at radius 3 is 2.42 bits per heavy atom. The Bertz CT molecular complexity index is 456. The topological polar surface area (TPSA) is 21.3 Å². The lowest BCUT2D eigenvalue weighted by Crippen LogP contribution is -2.58. The summed E-state index contributed by atoms with van der Waals surface area (Å²) >= 11 is 3.07. The van der Waals surface area contributed by atoms with E-state index in [1.165, 1.54) is 12.1 Å². The lowest BCUT2D eigenvalue weighted by molar-refractivity contribution is -0.0977. The van der Waals surface area contributed by atoms with E-state index in [4.69, 9.17) is 4.74 Å². The first-order valence-electron chi connectivity index (χ1n) is 6.39. The molecule has 1 aliphatic carbocycles. The van der Waals surface area contributed by atoms with E-state index >= 15 is 0 Å². The predicted molar refractivity (Wildman–Crippen MR) is 75.3 cm³/mol. The average Bonchev–Trinajstić information content (AvgIpc) is 2.30. The molecule has 2 rings (SSSR count). The Morgan fingerprint density at radius 2 is 1.95 bits per heavy atom. The van der Waals surface area contributed by atoms with Gasteiger partial charge in [-0.05, 0) is 25.5 Å². The number of hydrogen-bond acceptors (Lipinski definition) is 2. The smallest absolute Gasteiger partial charge is 0.150 e. The third kappa shape index (κ3) is 2.77. The second-order valence-electron chi connectivity index (χ2n) is 5.44. The van der Waals surface area contributed by atoms with E-state index < -0.39 is 11.6 Å². The van der Waals surface area contributed by atoms with Gasteiger partial charge in [0.2, 0.25) is 0 Å². The number of ether oxygens (including phenoxy) is 1. The summed E-state index contributed by atoms with van der Waals surface area (Å²) in [6, 6.07) is 2.53. The van der Waals surface area contributed by atoms with Crippen LogP contribution >= 0.6 is 15.9 Å². The molecule has 1 aromatic carbocycles. The maximum absolute atomic E-state index is 13.8. The van der Waals surface area contributed by atoms with Crippen LogP contribution in [-0.2, 0) is 4.74 Å². The number of halogens is 3. The number of rotatable bonds is 4. The number of anilines is 1. The molecular formula is C14H18BrF2NO. The molecular weight excluding hydrogens is 316 g/mol. The zero-order chi connectivity index (χ0) is 14.2. The molecule has 0 aromatic heterocycles. The van der Waals surface area contributed by atoms with Crippen molar-refractivity contribution in [2.75, 3.05) is 11.9 Å². The molecule has 19 heavy (non-hydrogen) atoms. The van der Waals surface area contributed by atoms with Crippen LogP contribution in [0.3, 0.4) is 0 Å². The average molecular weight is 334 g/mol. The van der Waals surface area contributed by atoms with Crippen molar-refractivity contribution in [3.63, 3.8) is 0 Å². The first-order chi connectivity index (χ1) is 8.86. The maximum Gasteiger partial charge on any atom is 0.150 e. The molecule has 0 radical (unpaired) electrons. The SMILES string of the molecule is CCOC1CC(Nc2c(F)cc(Br)cc2F)C1(C)C. The molecule has 106 valence electrons.